The van der Waals surface area contributed by atoms with Gasteiger partial charge in [-0.1, -0.05) is 18.2 Å². The molecule has 184 valence electrons. The normalized spacial score (nSPS) is 12.6. The van der Waals surface area contributed by atoms with Gasteiger partial charge in [-0.2, -0.15) is 13.2 Å². The number of benzene rings is 2. The van der Waals surface area contributed by atoms with E-state index in [1.54, 1.807) is 13.1 Å². The molecule has 0 saturated heterocycles. The molecule has 0 radical (unpaired) electrons. The van der Waals surface area contributed by atoms with E-state index >= 15 is 0 Å². The largest absolute Gasteiger partial charge is 0.390 e. The minimum Gasteiger partial charge on any atom is -0.316 e. The Hall–Kier alpha value is -2.90. The highest BCUT2D eigenvalue weighted by Gasteiger charge is 2.30. The van der Waals surface area contributed by atoms with Crippen LogP contribution in [0.2, 0.25) is 0 Å². The molecule has 0 bridgehead atoms. The Balaban J connectivity index is 2.01. The van der Waals surface area contributed by atoms with Gasteiger partial charge in [0.05, 0.1) is 22.8 Å². The van der Waals surface area contributed by atoms with Gasteiger partial charge in [0.25, 0.3) is 10.0 Å². The summed E-state index contributed by atoms with van der Waals surface area (Å²) in [5, 5.41) is 2.88. The van der Waals surface area contributed by atoms with Gasteiger partial charge in [0.1, 0.15) is 5.82 Å². The van der Waals surface area contributed by atoms with Crippen molar-refractivity contribution < 1.29 is 34.4 Å². The first-order valence-electron chi connectivity index (χ1n) is 9.86. The van der Waals surface area contributed by atoms with Crippen LogP contribution in [0.3, 0.4) is 0 Å². The van der Waals surface area contributed by atoms with Crippen molar-refractivity contribution >= 4 is 25.7 Å². The first-order valence-corrected chi connectivity index (χ1v) is 13.0. The van der Waals surface area contributed by atoms with Crippen LogP contribution in [-0.4, -0.2) is 39.8 Å². The molecule has 0 aliphatic carbocycles. The summed E-state index contributed by atoms with van der Waals surface area (Å²) in [6.07, 6.45) is -4.90. The van der Waals surface area contributed by atoms with E-state index in [0.717, 1.165) is 10.0 Å². The maximum absolute atomic E-state index is 14.5. The molecule has 0 unspecified atom stereocenters. The van der Waals surface area contributed by atoms with Crippen molar-refractivity contribution in [1.82, 2.24) is 9.29 Å². The molecule has 0 atom stereocenters. The fraction of sp³-hybridized carbons (Fsp3) is 0.238. The van der Waals surface area contributed by atoms with Crippen molar-refractivity contribution in [3.05, 3.63) is 72.2 Å². The van der Waals surface area contributed by atoms with Gasteiger partial charge in [-0.05, 0) is 49.0 Å². The monoisotopic (exact) mass is 519 g/mol. The molecule has 0 spiro atoms. The average molecular weight is 520 g/mol. The van der Waals surface area contributed by atoms with Crippen LogP contribution in [0.1, 0.15) is 12.0 Å². The summed E-state index contributed by atoms with van der Waals surface area (Å²) in [6.45, 7) is 0.295. The highest BCUT2D eigenvalue weighted by Crippen LogP contribution is 2.30. The fourth-order valence-corrected chi connectivity index (χ4v) is 5.70. The summed E-state index contributed by atoms with van der Waals surface area (Å²) in [6, 6.07) is 11.8. The second kappa shape index (κ2) is 9.76. The van der Waals surface area contributed by atoms with Crippen LogP contribution in [0.5, 0.6) is 0 Å². The quantitative estimate of drug-likeness (QED) is 0.418. The highest BCUT2D eigenvalue weighted by molar-refractivity contribution is 7.92. The molecular formula is C21H21F4N3O4S2. The Morgan fingerprint density at radius 1 is 0.971 bits per heavy atom. The van der Waals surface area contributed by atoms with E-state index in [9.17, 15) is 34.4 Å². The van der Waals surface area contributed by atoms with Crippen LogP contribution in [0.25, 0.3) is 11.3 Å². The van der Waals surface area contributed by atoms with Crippen molar-refractivity contribution in [3.63, 3.8) is 0 Å². The van der Waals surface area contributed by atoms with Gasteiger partial charge in [0.2, 0.25) is 10.0 Å². The summed E-state index contributed by atoms with van der Waals surface area (Å²) in [7, 11) is -7.07. The highest BCUT2D eigenvalue weighted by atomic mass is 32.2. The molecule has 0 aliphatic heterocycles. The Kier molecular flexibility index (Phi) is 7.38. The number of nitrogens with one attached hydrogen (secondary N) is 2. The third-order valence-corrected chi connectivity index (χ3v) is 7.65. The molecule has 3 rings (SSSR count). The van der Waals surface area contributed by atoms with E-state index < -0.39 is 44.2 Å². The molecule has 0 amide bonds. The second-order valence-corrected chi connectivity index (χ2v) is 11.0. The molecule has 2 aromatic carbocycles. The van der Waals surface area contributed by atoms with Crippen LogP contribution in [0.4, 0.5) is 23.2 Å². The van der Waals surface area contributed by atoms with Gasteiger partial charge >= 0.3 is 6.18 Å². The van der Waals surface area contributed by atoms with Crippen LogP contribution in [-0.2, 0) is 26.6 Å². The Morgan fingerprint density at radius 3 is 2.32 bits per heavy atom. The lowest BCUT2D eigenvalue weighted by molar-refractivity contribution is -0.129. The lowest BCUT2D eigenvalue weighted by Gasteiger charge is -2.13. The van der Waals surface area contributed by atoms with E-state index in [-0.39, 0.29) is 21.8 Å². The zero-order chi connectivity index (χ0) is 25.1. The summed E-state index contributed by atoms with van der Waals surface area (Å²) in [4.78, 5) is -0.340. The summed E-state index contributed by atoms with van der Waals surface area (Å²) < 4.78 is 105. The minimum atomic E-state index is -4.66. The average Bonchev–Trinajstić information content (AvgIpc) is 3.17. The van der Waals surface area contributed by atoms with Crippen LogP contribution >= 0.6 is 0 Å². The van der Waals surface area contributed by atoms with Gasteiger partial charge < -0.3 is 5.32 Å². The molecule has 3 aromatic rings. The summed E-state index contributed by atoms with van der Waals surface area (Å²) in [5.74, 6) is -1.85. The molecule has 34 heavy (non-hydrogen) atoms. The number of hydrogen-bond donors (Lipinski definition) is 2. The second-order valence-electron chi connectivity index (χ2n) is 7.36. The number of rotatable bonds is 9. The third kappa shape index (κ3) is 6.15. The molecule has 2 N–H and O–H groups in total. The SMILES string of the molecule is CNCc1cc(-c2ccccc2F)n(S(=O)(=O)c2cccc(NS(=O)(=O)CCC(F)(F)F)c2)c1. The van der Waals surface area contributed by atoms with Crippen LogP contribution in [0.15, 0.2) is 65.7 Å². The number of anilines is 1. The van der Waals surface area contributed by atoms with Crippen LogP contribution < -0.4 is 10.0 Å². The van der Waals surface area contributed by atoms with E-state index in [4.69, 9.17) is 0 Å². The summed E-state index contributed by atoms with van der Waals surface area (Å²) >= 11 is 0. The van der Waals surface area contributed by atoms with Gasteiger partial charge in [0.15, 0.2) is 0 Å². The molecule has 0 saturated carbocycles. The summed E-state index contributed by atoms with van der Waals surface area (Å²) in [5.41, 5.74) is 0.420. The third-order valence-electron chi connectivity index (χ3n) is 4.69. The van der Waals surface area contributed by atoms with E-state index in [2.05, 4.69) is 5.32 Å². The number of hydrogen-bond acceptors (Lipinski definition) is 5. The van der Waals surface area contributed by atoms with Gasteiger partial charge in [-0.25, -0.2) is 25.2 Å². The topological polar surface area (TPSA) is 97.3 Å². The van der Waals surface area contributed by atoms with Crippen molar-refractivity contribution in [2.75, 3.05) is 17.5 Å². The van der Waals surface area contributed by atoms with Crippen molar-refractivity contribution in [1.29, 1.82) is 0 Å². The maximum atomic E-state index is 14.5. The fourth-order valence-electron chi connectivity index (χ4n) is 3.18. The zero-order valence-electron chi connectivity index (χ0n) is 17.8. The molecule has 1 aromatic heterocycles. The number of halogens is 4. The zero-order valence-corrected chi connectivity index (χ0v) is 19.4. The Bertz CT molecular complexity index is 1380. The molecule has 1 heterocycles. The molecule has 13 heteroatoms. The molecule has 0 fully saturated rings. The van der Waals surface area contributed by atoms with Gasteiger partial charge in [-0.15, -0.1) is 0 Å². The number of sulfonamides is 1. The lowest BCUT2D eigenvalue weighted by atomic mass is 10.1. The molecule has 7 nitrogen and oxygen atoms in total. The number of alkyl halides is 3. The predicted octanol–water partition coefficient (Wildman–Crippen LogP) is 3.94. The maximum Gasteiger partial charge on any atom is 0.390 e. The van der Waals surface area contributed by atoms with Crippen LogP contribution in [0, 0.1) is 5.82 Å². The standard InChI is InChI=1S/C21H21F4N3O4S2/c1-26-13-15-11-20(18-7-2-3-8-19(18)22)28(14-15)34(31,32)17-6-4-5-16(12-17)27-33(29,30)10-9-21(23,24)25/h2-8,11-12,14,26-27H,9-10,13H2,1H3. The Labute approximate surface area is 194 Å². The smallest absolute Gasteiger partial charge is 0.316 e. The van der Waals surface area contributed by atoms with E-state index in [0.29, 0.717) is 12.1 Å². The predicted molar refractivity (Wildman–Crippen MR) is 120 cm³/mol. The first-order chi connectivity index (χ1) is 15.8. The van der Waals surface area contributed by atoms with E-state index in [1.807, 2.05) is 4.72 Å². The minimum absolute atomic E-state index is 0.0393. The number of nitrogens with zero attached hydrogens (tertiary/aromatic N) is 1. The lowest BCUT2D eigenvalue weighted by Crippen LogP contribution is -2.22. The van der Waals surface area contributed by atoms with Gasteiger partial charge in [-0.3, -0.25) is 4.72 Å². The van der Waals surface area contributed by atoms with Gasteiger partial charge in [0, 0.05) is 24.0 Å². The first kappa shape index (κ1) is 25.7. The van der Waals surface area contributed by atoms with Crippen molar-refractivity contribution in [2.45, 2.75) is 24.0 Å². The van der Waals surface area contributed by atoms with Crippen molar-refractivity contribution in [3.8, 4) is 11.3 Å². The van der Waals surface area contributed by atoms with Crippen molar-refractivity contribution in [2.24, 2.45) is 0 Å². The Morgan fingerprint density at radius 2 is 1.68 bits per heavy atom. The molecule has 0 aliphatic rings. The number of aromatic nitrogens is 1. The van der Waals surface area contributed by atoms with E-state index in [1.165, 1.54) is 48.7 Å². The molecular weight excluding hydrogens is 498 g/mol.